The van der Waals surface area contributed by atoms with Gasteiger partial charge in [0.05, 0.1) is 14.2 Å². The summed E-state index contributed by atoms with van der Waals surface area (Å²) in [5, 5.41) is 0.921. The Balaban J connectivity index is 1.51. The van der Waals surface area contributed by atoms with Gasteiger partial charge in [0, 0.05) is 35.2 Å². The number of fused-ring (bicyclic) bond motifs is 4. The minimum absolute atomic E-state index is 0.239. The van der Waals surface area contributed by atoms with Crippen molar-refractivity contribution >= 4 is 16.9 Å². The van der Waals surface area contributed by atoms with Crippen LogP contribution in [0.25, 0.3) is 10.9 Å². The van der Waals surface area contributed by atoms with E-state index in [1.165, 1.54) is 20.3 Å². The number of benzene rings is 2. The molecule has 3 aromatic rings. The molecule has 0 amide bonds. The lowest BCUT2D eigenvalue weighted by Gasteiger charge is -2.31. The maximum absolute atomic E-state index is 13.6. The summed E-state index contributed by atoms with van der Waals surface area (Å²) in [5.74, 6) is 0.236. The van der Waals surface area contributed by atoms with Gasteiger partial charge in [-0.3, -0.25) is 4.90 Å². The van der Waals surface area contributed by atoms with Crippen LogP contribution in [-0.4, -0.2) is 36.6 Å². The van der Waals surface area contributed by atoms with Crippen molar-refractivity contribution in [3.05, 3.63) is 58.5 Å². The van der Waals surface area contributed by atoms with Crippen LogP contribution in [0.4, 0.5) is 4.39 Å². The number of methoxy groups -OCH3 is 2. The number of nitrogens with zero attached hydrogens (tertiary/aromatic N) is 1. The molecule has 2 aliphatic rings. The third-order valence-electron chi connectivity index (χ3n) is 5.57. The highest BCUT2D eigenvalue weighted by atomic mass is 19.1. The Bertz CT molecular complexity index is 1110. The maximum atomic E-state index is 13.6. The van der Waals surface area contributed by atoms with Crippen LogP contribution in [0.15, 0.2) is 30.3 Å². The lowest BCUT2D eigenvalue weighted by Crippen LogP contribution is -2.34. The number of carbonyl (C=O) groups is 1. The van der Waals surface area contributed by atoms with Crippen LogP contribution >= 0.6 is 0 Å². The van der Waals surface area contributed by atoms with Gasteiger partial charge in [-0.2, -0.15) is 0 Å². The number of hydrogen-bond donors (Lipinski definition) is 1. The number of esters is 1. The van der Waals surface area contributed by atoms with Gasteiger partial charge >= 0.3 is 5.97 Å². The zero-order chi connectivity index (χ0) is 19.4. The number of aromatic amines is 1. The summed E-state index contributed by atoms with van der Waals surface area (Å²) in [4.78, 5) is 18.0. The fourth-order valence-electron chi connectivity index (χ4n) is 4.29. The molecule has 3 heterocycles. The van der Waals surface area contributed by atoms with E-state index in [0.29, 0.717) is 30.2 Å². The van der Waals surface area contributed by atoms with Gasteiger partial charge in [0.2, 0.25) is 0 Å². The van der Waals surface area contributed by atoms with E-state index in [1.54, 1.807) is 18.2 Å². The molecule has 0 radical (unpaired) electrons. The molecular weight excluding hydrogens is 363 g/mol. The summed E-state index contributed by atoms with van der Waals surface area (Å²) < 4.78 is 30.0. The molecule has 2 aromatic carbocycles. The fourth-order valence-corrected chi connectivity index (χ4v) is 4.29. The number of halogens is 1. The third-order valence-corrected chi connectivity index (χ3v) is 5.57. The molecule has 1 unspecified atom stereocenters. The van der Waals surface area contributed by atoms with Crippen molar-refractivity contribution < 1.29 is 23.4 Å². The smallest absolute Gasteiger partial charge is 0.344 e. The number of nitrogens with one attached hydrogen (secondary N) is 1. The molecule has 1 atom stereocenters. The summed E-state index contributed by atoms with van der Waals surface area (Å²) in [7, 11) is 3.04. The zero-order valence-electron chi connectivity index (χ0n) is 15.5. The van der Waals surface area contributed by atoms with Gasteiger partial charge in [-0.1, -0.05) is 0 Å². The van der Waals surface area contributed by atoms with Crippen molar-refractivity contribution in [3.63, 3.8) is 0 Å². The van der Waals surface area contributed by atoms with Gasteiger partial charge in [-0.05, 0) is 42.3 Å². The monoisotopic (exact) mass is 382 g/mol. The first-order valence-corrected chi connectivity index (χ1v) is 9.09. The first-order chi connectivity index (χ1) is 13.6. The lowest BCUT2D eigenvalue weighted by atomic mass is 10.0. The Morgan fingerprint density at radius 3 is 2.86 bits per heavy atom. The van der Waals surface area contributed by atoms with Crippen LogP contribution in [0.1, 0.15) is 33.4 Å². The van der Waals surface area contributed by atoms with E-state index < -0.39 is 12.2 Å². The fraction of sp³-hybridized carbons (Fsp3) is 0.286. The molecule has 144 valence electrons. The molecule has 2 aliphatic heterocycles. The maximum Gasteiger partial charge on any atom is 0.344 e. The number of carbonyl (C=O) groups excluding carboxylic acids is 1. The van der Waals surface area contributed by atoms with Gasteiger partial charge in [0.15, 0.2) is 17.7 Å². The average Bonchev–Trinajstić information content (AvgIpc) is 3.24. The second-order valence-electron chi connectivity index (χ2n) is 7.02. The molecule has 0 saturated carbocycles. The molecule has 0 aliphatic carbocycles. The SMILES string of the molecule is COc1ccc2c(c1OC)C(=O)OC2N1CCc2c([nH]c3ccc(F)cc23)C1. The molecule has 1 N–H and O–H groups in total. The number of H-pyrrole nitrogens is 1. The minimum Gasteiger partial charge on any atom is -0.493 e. The van der Waals surface area contributed by atoms with Crippen molar-refractivity contribution in [1.82, 2.24) is 9.88 Å². The number of cyclic esters (lactones) is 1. The Hall–Kier alpha value is -3.06. The number of ether oxygens (including phenoxy) is 3. The normalized spacial score (nSPS) is 18.7. The van der Waals surface area contributed by atoms with Crippen LogP contribution in [0.3, 0.4) is 0 Å². The van der Waals surface area contributed by atoms with Crippen molar-refractivity contribution in [2.75, 3.05) is 20.8 Å². The molecule has 5 rings (SSSR count). The van der Waals surface area contributed by atoms with Gasteiger partial charge in [-0.25, -0.2) is 9.18 Å². The van der Waals surface area contributed by atoms with Crippen molar-refractivity contribution in [1.29, 1.82) is 0 Å². The molecule has 1 aromatic heterocycles. The molecule has 0 bridgehead atoms. The number of aromatic nitrogens is 1. The van der Waals surface area contributed by atoms with E-state index in [0.717, 1.165) is 34.1 Å². The summed E-state index contributed by atoms with van der Waals surface area (Å²) >= 11 is 0. The van der Waals surface area contributed by atoms with Crippen LogP contribution in [-0.2, 0) is 17.7 Å². The summed E-state index contributed by atoms with van der Waals surface area (Å²) in [5.41, 5.74) is 4.26. The molecule has 0 saturated heterocycles. The van der Waals surface area contributed by atoms with Gasteiger partial charge in [-0.15, -0.1) is 0 Å². The first kappa shape index (κ1) is 17.1. The molecular formula is C21H19FN2O4. The van der Waals surface area contributed by atoms with Crippen LogP contribution < -0.4 is 9.47 Å². The van der Waals surface area contributed by atoms with Crippen molar-refractivity contribution in [3.8, 4) is 11.5 Å². The van der Waals surface area contributed by atoms with Crippen LogP contribution in [0.2, 0.25) is 0 Å². The van der Waals surface area contributed by atoms with E-state index >= 15 is 0 Å². The van der Waals surface area contributed by atoms with E-state index in [-0.39, 0.29) is 5.82 Å². The Morgan fingerprint density at radius 1 is 1.21 bits per heavy atom. The van der Waals surface area contributed by atoms with E-state index in [4.69, 9.17) is 14.2 Å². The summed E-state index contributed by atoms with van der Waals surface area (Å²) in [6, 6.07) is 8.42. The number of rotatable bonds is 3. The second-order valence-corrected chi connectivity index (χ2v) is 7.02. The molecule has 0 spiro atoms. The lowest BCUT2D eigenvalue weighted by molar-refractivity contribution is -0.0295. The minimum atomic E-state index is -0.487. The van der Waals surface area contributed by atoms with Crippen molar-refractivity contribution in [2.24, 2.45) is 0 Å². The van der Waals surface area contributed by atoms with Gasteiger partial charge in [0.25, 0.3) is 0 Å². The predicted octanol–water partition coefficient (Wildman–Crippen LogP) is 3.55. The van der Waals surface area contributed by atoms with E-state index in [1.807, 2.05) is 6.07 Å². The van der Waals surface area contributed by atoms with Gasteiger partial charge < -0.3 is 19.2 Å². The molecule has 28 heavy (non-hydrogen) atoms. The Kier molecular flexibility index (Phi) is 3.80. The standard InChI is InChI=1S/C21H19FN2O4/c1-26-17-6-4-13-18(19(17)27-2)21(25)28-20(13)24-8-7-12-14-9-11(22)3-5-15(14)23-16(12)10-24/h3-6,9,20,23H,7-8,10H2,1-2H3. The van der Waals surface area contributed by atoms with E-state index in [9.17, 15) is 9.18 Å². The highest BCUT2D eigenvalue weighted by molar-refractivity contribution is 5.98. The van der Waals surface area contributed by atoms with Crippen LogP contribution in [0.5, 0.6) is 11.5 Å². The topological polar surface area (TPSA) is 63.8 Å². The predicted molar refractivity (Wildman–Crippen MR) is 100 cm³/mol. The average molecular weight is 382 g/mol. The second kappa shape index (κ2) is 6.24. The highest BCUT2D eigenvalue weighted by Crippen LogP contribution is 2.44. The highest BCUT2D eigenvalue weighted by Gasteiger charge is 2.40. The van der Waals surface area contributed by atoms with Crippen LogP contribution in [0, 0.1) is 5.82 Å². The Morgan fingerprint density at radius 2 is 2.07 bits per heavy atom. The van der Waals surface area contributed by atoms with Gasteiger partial charge in [0.1, 0.15) is 11.4 Å². The largest absolute Gasteiger partial charge is 0.493 e. The number of hydrogen-bond acceptors (Lipinski definition) is 5. The van der Waals surface area contributed by atoms with Crippen molar-refractivity contribution in [2.45, 2.75) is 19.2 Å². The molecule has 0 fully saturated rings. The third kappa shape index (κ3) is 2.39. The summed E-state index contributed by atoms with van der Waals surface area (Å²) in [6.45, 7) is 1.28. The Labute approximate surface area is 160 Å². The van der Waals surface area contributed by atoms with E-state index in [2.05, 4.69) is 9.88 Å². The zero-order valence-corrected chi connectivity index (χ0v) is 15.5. The molecule has 7 heteroatoms. The molecule has 6 nitrogen and oxygen atoms in total. The first-order valence-electron chi connectivity index (χ1n) is 9.09. The summed E-state index contributed by atoms with van der Waals surface area (Å²) in [6.07, 6.45) is 0.258. The quantitative estimate of drug-likeness (QED) is 0.702.